The third-order valence-corrected chi connectivity index (χ3v) is 7.16. The van der Waals surface area contributed by atoms with Gasteiger partial charge in [0.15, 0.2) is 0 Å². The van der Waals surface area contributed by atoms with E-state index < -0.39 is 10.0 Å². The van der Waals surface area contributed by atoms with Crippen molar-refractivity contribution < 1.29 is 17.9 Å². The van der Waals surface area contributed by atoms with Gasteiger partial charge in [-0.3, -0.25) is 9.69 Å². The Kier molecular flexibility index (Phi) is 7.84. The van der Waals surface area contributed by atoms with Crippen LogP contribution in [0.15, 0.2) is 24.3 Å². The summed E-state index contributed by atoms with van der Waals surface area (Å²) in [6, 6.07) is 6.89. The number of hydrogen-bond acceptors (Lipinski definition) is 5. The highest BCUT2D eigenvalue weighted by Crippen LogP contribution is 2.17. The Morgan fingerprint density at radius 2 is 1.68 bits per heavy atom. The first kappa shape index (κ1) is 21.2. The number of nitrogens with zero attached hydrogens (tertiary/aromatic N) is 2. The number of piperidine rings is 1. The van der Waals surface area contributed by atoms with Crippen molar-refractivity contribution >= 4 is 15.9 Å². The number of benzene rings is 1. The van der Waals surface area contributed by atoms with Crippen LogP contribution in [0, 0.1) is 0 Å². The van der Waals surface area contributed by atoms with E-state index in [1.807, 2.05) is 0 Å². The molecule has 0 unspecified atom stereocenters. The Morgan fingerprint density at radius 1 is 1.00 bits per heavy atom. The maximum absolute atomic E-state index is 12.5. The number of rotatable bonds is 8. The standard InChI is InChI=1S/C20H31N3O4S/c24-20(21-9-4-10-22-13-15-27-16-14-22)19-7-5-18(6-8-19)17-28(25,26)23-11-2-1-3-12-23/h5-8H,1-4,9-17H2,(H,21,24). The summed E-state index contributed by atoms with van der Waals surface area (Å²) >= 11 is 0. The molecule has 2 fully saturated rings. The van der Waals surface area contributed by atoms with Gasteiger partial charge in [-0.15, -0.1) is 0 Å². The molecule has 0 aromatic heterocycles. The molecule has 156 valence electrons. The van der Waals surface area contributed by atoms with Crippen molar-refractivity contribution in [3.8, 4) is 0 Å². The molecule has 0 bridgehead atoms. The molecule has 8 heteroatoms. The predicted octanol–water partition coefficient (Wildman–Crippen LogP) is 1.45. The monoisotopic (exact) mass is 409 g/mol. The minimum Gasteiger partial charge on any atom is -0.379 e. The summed E-state index contributed by atoms with van der Waals surface area (Å²) in [7, 11) is -3.28. The molecule has 2 heterocycles. The molecule has 1 amide bonds. The average Bonchev–Trinajstić information content (AvgIpc) is 2.73. The summed E-state index contributed by atoms with van der Waals surface area (Å²) < 4.78 is 31.9. The molecule has 0 aliphatic carbocycles. The molecule has 0 spiro atoms. The lowest BCUT2D eigenvalue weighted by Crippen LogP contribution is -2.38. The van der Waals surface area contributed by atoms with Gasteiger partial charge < -0.3 is 10.1 Å². The molecular weight excluding hydrogens is 378 g/mol. The van der Waals surface area contributed by atoms with Crippen LogP contribution < -0.4 is 5.32 Å². The van der Waals surface area contributed by atoms with E-state index >= 15 is 0 Å². The molecule has 0 atom stereocenters. The van der Waals surface area contributed by atoms with Gasteiger partial charge >= 0.3 is 0 Å². The second-order valence-electron chi connectivity index (χ2n) is 7.48. The maximum Gasteiger partial charge on any atom is 0.251 e. The minimum absolute atomic E-state index is 0.00551. The summed E-state index contributed by atoms with van der Waals surface area (Å²) in [5.74, 6) is -0.124. The van der Waals surface area contributed by atoms with Crippen molar-refractivity contribution in [3.05, 3.63) is 35.4 Å². The Labute approximate surface area is 168 Å². The van der Waals surface area contributed by atoms with E-state index in [1.54, 1.807) is 28.6 Å². The second kappa shape index (κ2) is 10.3. The molecule has 1 aromatic carbocycles. The molecule has 1 aromatic rings. The van der Waals surface area contributed by atoms with E-state index in [9.17, 15) is 13.2 Å². The summed E-state index contributed by atoms with van der Waals surface area (Å²) in [5, 5.41) is 2.93. The number of hydrogen-bond donors (Lipinski definition) is 1. The number of carbonyl (C=O) groups excluding carboxylic acids is 1. The minimum atomic E-state index is -3.28. The van der Waals surface area contributed by atoms with Gasteiger partial charge in [0.2, 0.25) is 10.0 Å². The van der Waals surface area contributed by atoms with Crippen molar-refractivity contribution in [3.63, 3.8) is 0 Å². The number of ether oxygens (including phenoxy) is 1. The second-order valence-corrected chi connectivity index (χ2v) is 9.45. The van der Waals surface area contributed by atoms with Crippen LogP contribution in [0.5, 0.6) is 0 Å². The number of sulfonamides is 1. The molecule has 1 N–H and O–H groups in total. The molecule has 7 nitrogen and oxygen atoms in total. The topological polar surface area (TPSA) is 79.0 Å². The fourth-order valence-electron chi connectivity index (χ4n) is 3.63. The molecule has 0 saturated carbocycles. The van der Waals surface area contributed by atoms with Crippen LogP contribution in [0.3, 0.4) is 0 Å². The maximum atomic E-state index is 12.5. The average molecular weight is 410 g/mol. The first-order valence-corrected chi connectivity index (χ1v) is 11.8. The smallest absolute Gasteiger partial charge is 0.251 e. The Morgan fingerprint density at radius 3 is 2.36 bits per heavy atom. The lowest BCUT2D eigenvalue weighted by atomic mass is 10.1. The number of carbonyl (C=O) groups is 1. The molecular formula is C20H31N3O4S. The van der Waals surface area contributed by atoms with Gasteiger partial charge in [0.1, 0.15) is 0 Å². The molecule has 3 rings (SSSR count). The molecule has 2 aliphatic rings. The molecule has 2 aliphatic heterocycles. The Hall–Kier alpha value is -1.48. The van der Waals surface area contributed by atoms with Crippen molar-refractivity contribution in [1.29, 1.82) is 0 Å². The normalized spacial score (nSPS) is 19.4. The first-order chi connectivity index (χ1) is 13.5. The number of morpholine rings is 1. The van der Waals surface area contributed by atoms with Crippen molar-refractivity contribution in [2.45, 2.75) is 31.4 Å². The van der Waals surface area contributed by atoms with Gasteiger partial charge in [-0.05, 0) is 43.5 Å². The van der Waals surface area contributed by atoms with E-state index in [0.29, 0.717) is 25.2 Å². The summed E-state index contributed by atoms with van der Waals surface area (Å²) in [4.78, 5) is 14.6. The SMILES string of the molecule is O=C(NCCCN1CCOCC1)c1ccc(CS(=O)(=O)N2CCCCC2)cc1. The van der Waals surface area contributed by atoms with E-state index in [-0.39, 0.29) is 11.7 Å². The first-order valence-electron chi connectivity index (χ1n) is 10.2. The predicted molar refractivity (Wildman–Crippen MR) is 109 cm³/mol. The van der Waals surface area contributed by atoms with Gasteiger partial charge in [-0.2, -0.15) is 0 Å². The quantitative estimate of drug-likeness (QED) is 0.658. The van der Waals surface area contributed by atoms with E-state index in [2.05, 4.69) is 10.2 Å². The van der Waals surface area contributed by atoms with Gasteiger partial charge in [0.25, 0.3) is 5.91 Å². The largest absolute Gasteiger partial charge is 0.379 e. The van der Waals surface area contributed by atoms with Gasteiger partial charge in [0, 0.05) is 38.3 Å². The van der Waals surface area contributed by atoms with Crippen LogP contribution in [0.25, 0.3) is 0 Å². The van der Waals surface area contributed by atoms with Crippen molar-refractivity contribution in [2.75, 3.05) is 52.5 Å². The van der Waals surface area contributed by atoms with Crippen LogP contribution in [0.4, 0.5) is 0 Å². The van der Waals surface area contributed by atoms with Crippen LogP contribution in [-0.4, -0.2) is 76.0 Å². The molecule has 2 saturated heterocycles. The van der Waals surface area contributed by atoms with E-state index in [0.717, 1.165) is 64.1 Å². The fraction of sp³-hybridized carbons (Fsp3) is 0.650. The zero-order chi connectivity index (χ0) is 19.8. The molecule has 0 radical (unpaired) electrons. The van der Waals surface area contributed by atoms with Crippen LogP contribution in [-0.2, 0) is 20.5 Å². The van der Waals surface area contributed by atoms with E-state index in [1.165, 1.54) is 0 Å². The Bertz CT molecular complexity index is 724. The third kappa shape index (κ3) is 6.27. The van der Waals surface area contributed by atoms with Crippen LogP contribution >= 0.6 is 0 Å². The summed E-state index contributed by atoms with van der Waals surface area (Å²) in [6.45, 7) is 6.29. The lowest BCUT2D eigenvalue weighted by Gasteiger charge is -2.26. The van der Waals surface area contributed by atoms with Crippen molar-refractivity contribution in [1.82, 2.24) is 14.5 Å². The zero-order valence-corrected chi connectivity index (χ0v) is 17.3. The highest BCUT2D eigenvalue weighted by Gasteiger charge is 2.24. The third-order valence-electron chi connectivity index (χ3n) is 5.31. The number of nitrogens with one attached hydrogen (secondary N) is 1. The lowest BCUT2D eigenvalue weighted by molar-refractivity contribution is 0.0374. The highest BCUT2D eigenvalue weighted by molar-refractivity contribution is 7.88. The van der Waals surface area contributed by atoms with Crippen LogP contribution in [0.2, 0.25) is 0 Å². The van der Waals surface area contributed by atoms with Gasteiger partial charge in [-0.1, -0.05) is 18.6 Å². The van der Waals surface area contributed by atoms with Gasteiger partial charge in [-0.25, -0.2) is 12.7 Å². The number of amides is 1. The Balaban J connectivity index is 1.43. The fourth-order valence-corrected chi connectivity index (χ4v) is 5.24. The molecule has 28 heavy (non-hydrogen) atoms. The van der Waals surface area contributed by atoms with E-state index in [4.69, 9.17) is 4.74 Å². The van der Waals surface area contributed by atoms with Gasteiger partial charge in [0.05, 0.1) is 19.0 Å². The summed E-state index contributed by atoms with van der Waals surface area (Å²) in [6.07, 6.45) is 3.87. The summed E-state index contributed by atoms with van der Waals surface area (Å²) in [5.41, 5.74) is 1.28. The van der Waals surface area contributed by atoms with Crippen molar-refractivity contribution in [2.24, 2.45) is 0 Å². The zero-order valence-electron chi connectivity index (χ0n) is 16.4. The highest BCUT2D eigenvalue weighted by atomic mass is 32.2. The van der Waals surface area contributed by atoms with Crippen LogP contribution in [0.1, 0.15) is 41.6 Å².